The number of hydrogen-bond acceptors (Lipinski definition) is 3. The van der Waals surface area contributed by atoms with E-state index in [9.17, 15) is 4.79 Å². The third kappa shape index (κ3) is 3.32. The first-order valence-electron chi connectivity index (χ1n) is 5.72. The van der Waals surface area contributed by atoms with Crippen molar-refractivity contribution in [3.63, 3.8) is 0 Å². The van der Waals surface area contributed by atoms with Crippen molar-refractivity contribution in [3.8, 4) is 0 Å². The second kappa shape index (κ2) is 5.09. The molecule has 1 amide bonds. The van der Waals surface area contributed by atoms with Crippen molar-refractivity contribution >= 4 is 5.91 Å². The maximum atomic E-state index is 11.8. The van der Waals surface area contributed by atoms with Crippen molar-refractivity contribution in [1.82, 2.24) is 20.5 Å². The molecule has 5 nitrogen and oxygen atoms in total. The molecule has 0 fully saturated rings. The molecule has 0 unspecified atom stereocenters. The van der Waals surface area contributed by atoms with Gasteiger partial charge in [0.1, 0.15) is 5.82 Å². The molecule has 1 aromatic rings. The molecule has 0 radical (unpaired) electrons. The molecular weight excluding hydrogens is 204 g/mol. The maximum Gasteiger partial charge on any atom is 0.291 e. The van der Waals surface area contributed by atoms with Crippen LogP contribution in [0.5, 0.6) is 0 Å². The third-order valence-electron chi connectivity index (χ3n) is 2.56. The zero-order valence-electron chi connectivity index (χ0n) is 10.4. The minimum atomic E-state index is -0.220. The SMILES string of the molecule is CCCc1nc(C(=O)NC(C)(C)CC)n[nH]1. The Morgan fingerprint density at radius 3 is 2.69 bits per heavy atom. The van der Waals surface area contributed by atoms with Gasteiger partial charge in [0, 0.05) is 12.0 Å². The monoisotopic (exact) mass is 224 g/mol. The molecule has 0 saturated carbocycles. The van der Waals surface area contributed by atoms with Gasteiger partial charge >= 0.3 is 0 Å². The van der Waals surface area contributed by atoms with Crippen LogP contribution in [-0.2, 0) is 6.42 Å². The summed E-state index contributed by atoms with van der Waals surface area (Å²) >= 11 is 0. The molecule has 0 bridgehead atoms. The Labute approximate surface area is 96.0 Å². The van der Waals surface area contributed by atoms with Crippen LogP contribution >= 0.6 is 0 Å². The Balaban J connectivity index is 2.66. The lowest BCUT2D eigenvalue weighted by molar-refractivity contribution is 0.0901. The van der Waals surface area contributed by atoms with Gasteiger partial charge in [0.25, 0.3) is 5.91 Å². The lowest BCUT2D eigenvalue weighted by Crippen LogP contribution is -2.43. The average molecular weight is 224 g/mol. The van der Waals surface area contributed by atoms with Crippen LogP contribution in [0.4, 0.5) is 0 Å². The van der Waals surface area contributed by atoms with E-state index in [1.54, 1.807) is 0 Å². The Bertz CT molecular complexity index is 357. The van der Waals surface area contributed by atoms with E-state index in [4.69, 9.17) is 0 Å². The van der Waals surface area contributed by atoms with E-state index in [0.29, 0.717) is 0 Å². The largest absolute Gasteiger partial charge is 0.344 e. The van der Waals surface area contributed by atoms with Gasteiger partial charge in [-0.3, -0.25) is 9.89 Å². The normalized spacial score (nSPS) is 11.5. The van der Waals surface area contributed by atoms with Crippen LogP contribution in [0.2, 0.25) is 0 Å². The summed E-state index contributed by atoms with van der Waals surface area (Å²) in [5.41, 5.74) is -0.220. The summed E-state index contributed by atoms with van der Waals surface area (Å²) in [4.78, 5) is 15.9. The van der Waals surface area contributed by atoms with E-state index >= 15 is 0 Å². The molecule has 2 N–H and O–H groups in total. The van der Waals surface area contributed by atoms with Crippen LogP contribution in [-0.4, -0.2) is 26.6 Å². The highest BCUT2D eigenvalue weighted by molar-refractivity contribution is 5.90. The number of rotatable bonds is 5. The standard InChI is InChI=1S/C11H20N4O/c1-5-7-8-12-9(15-14-8)10(16)13-11(3,4)6-2/h5-7H2,1-4H3,(H,13,16)(H,12,14,15). The average Bonchev–Trinajstić information content (AvgIpc) is 2.66. The van der Waals surface area contributed by atoms with Crippen molar-refractivity contribution in [2.75, 3.05) is 0 Å². The lowest BCUT2D eigenvalue weighted by atomic mass is 10.0. The van der Waals surface area contributed by atoms with Crippen LogP contribution in [0.15, 0.2) is 0 Å². The summed E-state index contributed by atoms with van der Waals surface area (Å²) < 4.78 is 0. The second-order valence-corrected chi connectivity index (χ2v) is 4.55. The van der Waals surface area contributed by atoms with Gasteiger partial charge < -0.3 is 5.32 Å². The summed E-state index contributed by atoms with van der Waals surface area (Å²) in [6.07, 6.45) is 2.67. The fourth-order valence-corrected chi connectivity index (χ4v) is 1.20. The van der Waals surface area contributed by atoms with E-state index in [1.165, 1.54) is 0 Å². The molecule has 1 heterocycles. The smallest absolute Gasteiger partial charge is 0.291 e. The molecule has 1 rings (SSSR count). The van der Waals surface area contributed by atoms with Crippen LogP contribution in [0.1, 0.15) is 57.0 Å². The number of hydrogen-bond donors (Lipinski definition) is 2. The highest BCUT2D eigenvalue weighted by Gasteiger charge is 2.21. The van der Waals surface area contributed by atoms with Crippen molar-refractivity contribution in [1.29, 1.82) is 0 Å². The van der Waals surface area contributed by atoms with Crippen LogP contribution in [0.3, 0.4) is 0 Å². The van der Waals surface area contributed by atoms with Gasteiger partial charge in [-0.25, -0.2) is 4.98 Å². The first-order valence-corrected chi connectivity index (χ1v) is 5.72. The summed E-state index contributed by atoms with van der Waals surface area (Å²) in [7, 11) is 0. The fourth-order valence-electron chi connectivity index (χ4n) is 1.20. The van der Waals surface area contributed by atoms with E-state index in [2.05, 4.69) is 27.4 Å². The number of aromatic nitrogens is 3. The number of carbonyl (C=O) groups is 1. The molecular formula is C11H20N4O. The predicted molar refractivity (Wildman–Crippen MR) is 62.2 cm³/mol. The Kier molecular flexibility index (Phi) is 4.04. The molecule has 0 aliphatic rings. The van der Waals surface area contributed by atoms with E-state index in [0.717, 1.165) is 25.1 Å². The molecule has 1 aromatic heterocycles. The van der Waals surface area contributed by atoms with Crippen molar-refractivity contribution in [3.05, 3.63) is 11.6 Å². The fraction of sp³-hybridized carbons (Fsp3) is 0.727. The molecule has 16 heavy (non-hydrogen) atoms. The topological polar surface area (TPSA) is 70.7 Å². The van der Waals surface area contributed by atoms with Crippen molar-refractivity contribution in [2.45, 2.75) is 52.5 Å². The van der Waals surface area contributed by atoms with Gasteiger partial charge in [-0.1, -0.05) is 13.8 Å². The molecule has 0 aliphatic heterocycles. The minimum absolute atomic E-state index is 0.217. The minimum Gasteiger partial charge on any atom is -0.344 e. The van der Waals surface area contributed by atoms with Crippen LogP contribution < -0.4 is 5.32 Å². The molecule has 0 spiro atoms. The van der Waals surface area contributed by atoms with E-state index in [-0.39, 0.29) is 17.3 Å². The molecule has 90 valence electrons. The Morgan fingerprint density at radius 1 is 1.44 bits per heavy atom. The van der Waals surface area contributed by atoms with Gasteiger partial charge in [-0.05, 0) is 26.7 Å². The first kappa shape index (κ1) is 12.7. The maximum absolute atomic E-state index is 11.8. The van der Waals surface area contributed by atoms with E-state index < -0.39 is 0 Å². The predicted octanol–water partition coefficient (Wildman–Crippen LogP) is 1.68. The number of H-pyrrole nitrogens is 1. The summed E-state index contributed by atoms with van der Waals surface area (Å²) in [6, 6.07) is 0. The van der Waals surface area contributed by atoms with Crippen molar-refractivity contribution < 1.29 is 4.79 Å². The first-order chi connectivity index (χ1) is 7.48. The van der Waals surface area contributed by atoms with Gasteiger partial charge in [-0.2, -0.15) is 0 Å². The zero-order chi connectivity index (χ0) is 12.2. The number of aromatic amines is 1. The number of nitrogens with one attached hydrogen (secondary N) is 2. The zero-order valence-corrected chi connectivity index (χ0v) is 10.4. The molecule has 0 atom stereocenters. The summed E-state index contributed by atoms with van der Waals surface area (Å²) in [6.45, 7) is 8.04. The van der Waals surface area contributed by atoms with E-state index in [1.807, 2.05) is 20.8 Å². The van der Waals surface area contributed by atoms with Crippen LogP contribution in [0.25, 0.3) is 0 Å². The number of amides is 1. The summed E-state index contributed by atoms with van der Waals surface area (Å²) in [5.74, 6) is 0.775. The number of nitrogens with zero attached hydrogens (tertiary/aromatic N) is 2. The quantitative estimate of drug-likeness (QED) is 0.799. The number of aryl methyl sites for hydroxylation is 1. The number of carbonyl (C=O) groups excluding carboxylic acids is 1. The highest BCUT2D eigenvalue weighted by atomic mass is 16.2. The second-order valence-electron chi connectivity index (χ2n) is 4.55. The highest BCUT2D eigenvalue weighted by Crippen LogP contribution is 2.07. The molecule has 0 aromatic carbocycles. The van der Waals surface area contributed by atoms with Crippen LogP contribution in [0, 0.1) is 0 Å². The van der Waals surface area contributed by atoms with Gasteiger partial charge in [-0.15, -0.1) is 5.10 Å². The van der Waals surface area contributed by atoms with Gasteiger partial charge in [0.05, 0.1) is 0 Å². The third-order valence-corrected chi connectivity index (χ3v) is 2.56. The van der Waals surface area contributed by atoms with Crippen molar-refractivity contribution in [2.24, 2.45) is 0 Å². The molecule has 0 aliphatic carbocycles. The lowest BCUT2D eigenvalue weighted by Gasteiger charge is -2.23. The molecule has 5 heteroatoms. The Hall–Kier alpha value is -1.39. The Morgan fingerprint density at radius 2 is 2.12 bits per heavy atom. The summed E-state index contributed by atoms with van der Waals surface area (Å²) in [5, 5.41) is 9.57. The van der Waals surface area contributed by atoms with Gasteiger partial charge in [0.2, 0.25) is 5.82 Å². The molecule has 0 saturated heterocycles. The van der Waals surface area contributed by atoms with Gasteiger partial charge in [0.15, 0.2) is 0 Å².